The van der Waals surface area contributed by atoms with Gasteiger partial charge in [-0.25, -0.2) is 7.78 Å². The molecule has 7 heavy (non-hydrogen) atoms. The summed E-state index contributed by atoms with van der Waals surface area (Å²) in [5.41, 5.74) is 0. The second-order valence-electron chi connectivity index (χ2n) is 2.88. The standard InChI is InChI=1S/C5H14S2/c1-6-7(2,3,4)5/h2H2,1,3-5H3. The van der Waals surface area contributed by atoms with Gasteiger partial charge >= 0.3 is 0 Å². The molecule has 0 atom stereocenters. The minimum Gasteiger partial charge on any atom is -0.217 e. The van der Waals surface area contributed by atoms with Gasteiger partial charge in [0.2, 0.25) is 0 Å². The van der Waals surface area contributed by atoms with Crippen LogP contribution in [0.1, 0.15) is 0 Å². The Labute approximate surface area is 50.0 Å². The maximum absolute atomic E-state index is 4.09. The molecule has 0 spiro atoms. The normalized spacial score (nSPS) is 18.0. The van der Waals surface area contributed by atoms with Crippen molar-refractivity contribution in [3.63, 3.8) is 0 Å². The summed E-state index contributed by atoms with van der Waals surface area (Å²) >= 11 is 0. The van der Waals surface area contributed by atoms with Crippen molar-refractivity contribution in [2.24, 2.45) is 0 Å². The fraction of sp³-hybridized carbons (Fsp3) is 0.800. The van der Waals surface area contributed by atoms with Crippen LogP contribution in [0.25, 0.3) is 0 Å². The van der Waals surface area contributed by atoms with Crippen molar-refractivity contribution in [1.82, 2.24) is 0 Å². The second-order valence-corrected chi connectivity index (χ2v) is 13.3. The van der Waals surface area contributed by atoms with Gasteiger partial charge < -0.3 is 0 Å². The molecule has 0 unspecified atom stereocenters. The first-order valence-electron chi connectivity index (χ1n) is 2.09. The molecule has 0 saturated carbocycles. The summed E-state index contributed by atoms with van der Waals surface area (Å²) in [6.07, 6.45) is 8.79. The molecule has 0 rings (SSSR count). The van der Waals surface area contributed by atoms with E-state index in [1.54, 1.807) is 0 Å². The van der Waals surface area contributed by atoms with Gasteiger partial charge in [0.15, 0.2) is 0 Å². The van der Waals surface area contributed by atoms with Gasteiger partial charge in [-0.3, -0.25) is 0 Å². The Kier molecular flexibility index (Phi) is 1.65. The maximum Gasteiger partial charge on any atom is -0.00983 e. The summed E-state index contributed by atoms with van der Waals surface area (Å²) in [6, 6.07) is 0. The lowest BCUT2D eigenvalue weighted by atomic mass is 11.8. The predicted octanol–water partition coefficient (Wildman–Crippen LogP) is 1.93. The van der Waals surface area contributed by atoms with E-state index in [4.69, 9.17) is 0 Å². The molecule has 0 aliphatic carbocycles. The van der Waals surface area contributed by atoms with Crippen LogP contribution in [-0.2, 0) is 0 Å². The average molecular weight is 138 g/mol. The lowest BCUT2D eigenvalue weighted by molar-refractivity contribution is 2.15. The van der Waals surface area contributed by atoms with Crippen LogP contribution in [0.15, 0.2) is 0 Å². The second kappa shape index (κ2) is 1.52. The highest BCUT2D eigenvalue weighted by Gasteiger charge is 2.05. The van der Waals surface area contributed by atoms with Crippen molar-refractivity contribution in [2.45, 2.75) is 0 Å². The third kappa shape index (κ3) is 6.57. The van der Waals surface area contributed by atoms with Crippen molar-refractivity contribution in [3.05, 3.63) is 0 Å². The molecule has 0 aliphatic rings. The van der Waals surface area contributed by atoms with Gasteiger partial charge in [-0.1, -0.05) is 5.87 Å². The molecule has 0 bridgehead atoms. The molecule has 0 aromatic rings. The predicted molar refractivity (Wildman–Crippen MR) is 46.0 cm³/mol. The van der Waals surface area contributed by atoms with Crippen LogP contribution in [0.4, 0.5) is 0 Å². The zero-order chi connectivity index (χ0) is 6.15. The van der Waals surface area contributed by atoms with Crippen LogP contribution in [0, 0.1) is 0 Å². The summed E-state index contributed by atoms with van der Waals surface area (Å²) in [7, 11) is 0.682. The molecule has 0 amide bonds. The fourth-order valence-electron chi connectivity index (χ4n) is 0. The summed E-state index contributed by atoms with van der Waals surface area (Å²) in [4.78, 5) is 0. The molecule has 0 aliphatic heterocycles. The SMILES string of the molecule is C=S(C)(C)(C)SC. The first kappa shape index (κ1) is 7.57. The average Bonchev–Trinajstić information content (AvgIpc) is 1.32. The molecule has 0 aromatic heterocycles. The van der Waals surface area contributed by atoms with Gasteiger partial charge in [0.05, 0.1) is 0 Å². The molecule has 0 saturated heterocycles. The maximum atomic E-state index is 4.09. The monoisotopic (exact) mass is 138 g/mol. The van der Waals surface area contributed by atoms with Crippen LogP contribution >= 0.6 is 18.6 Å². The fourth-order valence-corrected chi connectivity index (χ4v) is 0. The minimum atomic E-state index is -1.20. The topological polar surface area (TPSA) is 0 Å². The summed E-state index contributed by atoms with van der Waals surface area (Å²) in [5, 5.41) is 0. The van der Waals surface area contributed by atoms with E-state index in [9.17, 15) is 0 Å². The first-order chi connectivity index (χ1) is 2.81. The molecule has 0 heterocycles. The van der Waals surface area contributed by atoms with Crippen molar-refractivity contribution in [1.29, 1.82) is 0 Å². The summed E-state index contributed by atoms with van der Waals surface area (Å²) in [6.45, 7) is 0. The van der Waals surface area contributed by atoms with Gasteiger partial charge in [-0.05, 0) is 25.0 Å². The van der Waals surface area contributed by atoms with Crippen LogP contribution in [-0.4, -0.2) is 30.9 Å². The first-order valence-corrected chi connectivity index (χ1v) is 7.27. The summed E-state index contributed by atoms with van der Waals surface area (Å²) < 4.78 is 0. The number of hydrogen-bond acceptors (Lipinski definition) is 1. The largest absolute Gasteiger partial charge is 0.217 e. The van der Waals surface area contributed by atoms with E-state index in [0.29, 0.717) is 0 Å². The van der Waals surface area contributed by atoms with E-state index < -0.39 is 7.78 Å². The van der Waals surface area contributed by atoms with Crippen LogP contribution in [0.5, 0.6) is 0 Å². The zero-order valence-corrected chi connectivity index (χ0v) is 7.16. The molecule has 0 nitrogen and oxygen atoms in total. The van der Waals surface area contributed by atoms with Crippen molar-refractivity contribution in [2.75, 3.05) is 25.0 Å². The molecule has 0 aromatic carbocycles. The molecular formula is C5H14S2. The zero-order valence-electron chi connectivity index (χ0n) is 5.52. The molecule has 0 N–H and O–H groups in total. The number of hydrogen-bond donors (Lipinski definition) is 0. The Hall–Kier alpha value is 0.570. The molecule has 0 fully saturated rings. The van der Waals surface area contributed by atoms with Gasteiger partial charge in [0.1, 0.15) is 0 Å². The van der Waals surface area contributed by atoms with E-state index in [-0.39, 0.29) is 0 Å². The highest BCUT2D eigenvalue weighted by molar-refractivity contribution is 9.00. The van der Waals surface area contributed by atoms with E-state index in [0.717, 1.165) is 0 Å². The van der Waals surface area contributed by atoms with Gasteiger partial charge in [-0.2, -0.15) is 0 Å². The van der Waals surface area contributed by atoms with E-state index >= 15 is 0 Å². The minimum absolute atomic E-state index is 1.20. The highest BCUT2D eigenvalue weighted by atomic mass is 33.2. The van der Waals surface area contributed by atoms with Crippen molar-refractivity contribution in [3.8, 4) is 0 Å². The van der Waals surface area contributed by atoms with Crippen molar-refractivity contribution < 1.29 is 0 Å². The smallest absolute Gasteiger partial charge is 0.00983 e. The Morgan fingerprint density at radius 1 is 1.29 bits per heavy atom. The highest BCUT2D eigenvalue weighted by Crippen LogP contribution is 2.56. The van der Waals surface area contributed by atoms with E-state index in [1.807, 2.05) is 10.8 Å². The third-order valence-corrected chi connectivity index (χ3v) is 5.56. The lowest BCUT2D eigenvalue weighted by Gasteiger charge is -2.32. The third-order valence-electron chi connectivity index (χ3n) is 0.618. The quantitative estimate of drug-likeness (QED) is 0.394. The Balaban J connectivity index is 4.14. The molecule has 0 radical (unpaired) electrons. The van der Waals surface area contributed by atoms with Gasteiger partial charge in [0, 0.05) is 0 Å². The molecule has 2 heteroatoms. The number of rotatable bonds is 1. The van der Waals surface area contributed by atoms with Crippen LogP contribution < -0.4 is 0 Å². The Morgan fingerprint density at radius 3 is 1.43 bits per heavy atom. The van der Waals surface area contributed by atoms with Gasteiger partial charge in [-0.15, -0.1) is 10.8 Å². The van der Waals surface area contributed by atoms with E-state index in [1.165, 1.54) is 0 Å². The molecule has 46 valence electrons. The van der Waals surface area contributed by atoms with Crippen LogP contribution in [0.2, 0.25) is 0 Å². The lowest BCUT2D eigenvalue weighted by Crippen LogP contribution is -1.91. The van der Waals surface area contributed by atoms with E-state index in [2.05, 4.69) is 30.9 Å². The summed E-state index contributed by atoms with van der Waals surface area (Å²) in [5.74, 6) is 4.09. The molecular weight excluding hydrogens is 124 g/mol. The van der Waals surface area contributed by atoms with Gasteiger partial charge in [0.25, 0.3) is 0 Å². The Bertz CT molecular complexity index is 107. The van der Waals surface area contributed by atoms with Crippen molar-refractivity contribution >= 4 is 24.4 Å². The van der Waals surface area contributed by atoms with Crippen LogP contribution in [0.3, 0.4) is 0 Å². The Morgan fingerprint density at radius 2 is 1.43 bits per heavy atom.